The highest BCUT2D eigenvalue weighted by Gasteiger charge is 2.33. The summed E-state index contributed by atoms with van der Waals surface area (Å²) >= 11 is 2.37. The predicted molar refractivity (Wildman–Crippen MR) is 75.7 cm³/mol. The fourth-order valence-corrected chi connectivity index (χ4v) is 3.48. The van der Waals surface area contributed by atoms with Crippen LogP contribution in [0.5, 0.6) is 0 Å². The molecule has 86 valence electrons. The zero-order valence-corrected chi connectivity index (χ0v) is 11.5. The van der Waals surface area contributed by atoms with Gasteiger partial charge in [-0.1, -0.05) is 6.07 Å². The number of halogens is 1. The zero-order valence-electron chi connectivity index (χ0n) is 9.32. The molecule has 2 heterocycles. The molecule has 3 rings (SSSR count). The van der Waals surface area contributed by atoms with E-state index in [-0.39, 0.29) is 0 Å². The number of piperidine rings is 1. The molecule has 2 aliphatic rings. The van der Waals surface area contributed by atoms with Crippen LogP contribution in [0.1, 0.15) is 12.8 Å². The second-order valence-corrected chi connectivity index (χ2v) is 6.14. The lowest BCUT2D eigenvalue weighted by Crippen LogP contribution is -2.39. The molecule has 2 aliphatic heterocycles. The molecule has 2 fully saturated rings. The highest BCUT2D eigenvalue weighted by Crippen LogP contribution is 2.29. The molecule has 1 N–H and O–H groups in total. The van der Waals surface area contributed by atoms with Gasteiger partial charge in [0, 0.05) is 28.4 Å². The molecule has 1 aromatic rings. The molecule has 2 nitrogen and oxygen atoms in total. The van der Waals surface area contributed by atoms with E-state index in [1.54, 1.807) is 0 Å². The molecule has 3 atom stereocenters. The van der Waals surface area contributed by atoms with Gasteiger partial charge in [-0.2, -0.15) is 0 Å². The lowest BCUT2D eigenvalue weighted by atomic mass is 9.94. The normalized spacial score (nSPS) is 32.7. The summed E-state index contributed by atoms with van der Waals surface area (Å²) in [4.78, 5) is 2.59. The molecule has 0 amide bonds. The summed E-state index contributed by atoms with van der Waals surface area (Å²) in [6.45, 7) is 3.90. The van der Waals surface area contributed by atoms with Gasteiger partial charge in [-0.25, -0.2) is 0 Å². The summed E-state index contributed by atoms with van der Waals surface area (Å²) < 4.78 is 1.31. The Morgan fingerprint density at radius 3 is 3.00 bits per heavy atom. The minimum absolute atomic E-state index is 0.692. The van der Waals surface area contributed by atoms with Crippen molar-refractivity contribution in [3.63, 3.8) is 0 Å². The van der Waals surface area contributed by atoms with Crippen molar-refractivity contribution in [3.8, 4) is 0 Å². The Balaban J connectivity index is 1.70. The van der Waals surface area contributed by atoms with E-state index in [0.29, 0.717) is 6.04 Å². The first-order valence-corrected chi connectivity index (χ1v) is 7.13. The maximum Gasteiger partial charge on any atom is 0.0353 e. The van der Waals surface area contributed by atoms with Crippen molar-refractivity contribution in [1.82, 2.24) is 4.90 Å². The predicted octanol–water partition coefficient (Wildman–Crippen LogP) is 2.80. The lowest BCUT2D eigenvalue weighted by Gasteiger charge is -2.31. The van der Waals surface area contributed by atoms with Crippen LogP contribution in [-0.4, -0.2) is 30.6 Å². The number of rotatable bonds is 2. The molecule has 16 heavy (non-hydrogen) atoms. The summed E-state index contributed by atoms with van der Waals surface area (Å²) in [5.74, 6) is 0.867. The molecular weight excluding hydrogens is 311 g/mol. The maximum absolute atomic E-state index is 3.72. The summed E-state index contributed by atoms with van der Waals surface area (Å²) in [6.07, 6.45) is 2.68. The van der Waals surface area contributed by atoms with Crippen LogP contribution in [0.4, 0.5) is 5.69 Å². The number of hydrogen-bond donors (Lipinski definition) is 1. The molecule has 0 radical (unpaired) electrons. The van der Waals surface area contributed by atoms with Crippen molar-refractivity contribution in [3.05, 3.63) is 27.8 Å². The van der Waals surface area contributed by atoms with E-state index in [1.807, 2.05) is 0 Å². The van der Waals surface area contributed by atoms with Gasteiger partial charge in [0.05, 0.1) is 0 Å². The number of nitrogens with zero attached hydrogens (tertiary/aromatic N) is 1. The van der Waals surface area contributed by atoms with Crippen molar-refractivity contribution in [2.45, 2.75) is 18.9 Å². The third kappa shape index (κ3) is 2.20. The Bertz CT molecular complexity index is 380. The molecular formula is C13H17IN2. The van der Waals surface area contributed by atoms with Crippen LogP contribution in [0, 0.1) is 9.49 Å². The standard InChI is InChI=1S/C13H17IN2/c14-11-2-1-3-12(8-11)15-13-5-7-16-6-4-10(13)9-16/h1-3,8,10,13,15H,4-7,9H2. The van der Waals surface area contributed by atoms with E-state index in [2.05, 4.69) is 57.1 Å². The van der Waals surface area contributed by atoms with Gasteiger partial charge in [0.1, 0.15) is 0 Å². The van der Waals surface area contributed by atoms with Crippen LogP contribution < -0.4 is 5.32 Å². The molecule has 0 saturated carbocycles. The van der Waals surface area contributed by atoms with Gasteiger partial charge in [-0.05, 0) is 66.1 Å². The molecule has 0 aromatic heterocycles. The SMILES string of the molecule is Ic1cccc(NC2CCN3CCC2C3)c1. The van der Waals surface area contributed by atoms with Crippen molar-refractivity contribution in [2.24, 2.45) is 5.92 Å². The second-order valence-electron chi connectivity index (χ2n) is 4.90. The Morgan fingerprint density at radius 2 is 2.12 bits per heavy atom. The molecule has 2 saturated heterocycles. The second kappa shape index (κ2) is 4.53. The van der Waals surface area contributed by atoms with E-state index in [4.69, 9.17) is 0 Å². The van der Waals surface area contributed by atoms with Crippen LogP contribution >= 0.6 is 22.6 Å². The highest BCUT2D eigenvalue weighted by molar-refractivity contribution is 14.1. The quantitative estimate of drug-likeness (QED) is 0.840. The van der Waals surface area contributed by atoms with E-state index >= 15 is 0 Å². The van der Waals surface area contributed by atoms with Crippen molar-refractivity contribution < 1.29 is 0 Å². The van der Waals surface area contributed by atoms with Crippen molar-refractivity contribution in [2.75, 3.05) is 25.0 Å². The molecule has 0 aliphatic carbocycles. The summed E-state index contributed by atoms with van der Waals surface area (Å²) in [6, 6.07) is 9.39. The van der Waals surface area contributed by atoms with Gasteiger partial charge in [-0.15, -0.1) is 0 Å². The average molecular weight is 328 g/mol. The van der Waals surface area contributed by atoms with Crippen LogP contribution in [0.2, 0.25) is 0 Å². The minimum atomic E-state index is 0.692. The number of nitrogens with one attached hydrogen (secondary N) is 1. The first-order valence-electron chi connectivity index (χ1n) is 6.06. The zero-order chi connectivity index (χ0) is 11.0. The van der Waals surface area contributed by atoms with Crippen molar-refractivity contribution >= 4 is 28.3 Å². The smallest absolute Gasteiger partial charge is 0.0353 e. The third-order valence-corrected chi connectivity index (χ3v) is 4.48. The molecule has 0 spiro atoms. The fourth-order valence-electron chi connectivity index (χ4n) is 2.93. The first kappa shape index (κ1) is 10.8. The van der Waals surface area contributed by atoms with Crippen LogP contribution in [0.15, 0.2) is 24.3 Å². The number of fused-ring (bicyclic) bond motifs is 2. The van der Waals surface area contributed by atoms with Crippen LogP contribution in [0.3, 0.4) is 0 Å². The largest absolute Gasteiger partial charge is 0.382 e. The fraction of sp³-hybridized carbons (Fsp3) is 0.538. The molecule has 1 aromatic carbocycles. The van der Waals surface area contributed by atoms with Gasteiger partial charge >= 0.3 is 0 Å². The lowest BCUT2D eigenvalue weighted by molar-refractivity contribution is 0.255. The summed E-state index contributed by atoms with van der Waals surface area (Å²) in [5.41, 5.74) is 1.29. The summed E-state index contributed by atoms with van der Waals surface area (Å²) in [7, 11) is 0. The first-order chi connectivity index (χ1) is 7.81. The topological polar surface area (TPSA) is 15.3 Å². The number of benzene rings is 1. The summed E-state index contributed by atoms with van der Waals surface area (Å²) in [5, 5.41) is 3.72. The molecule has 3 unspecified atom stereocenters. The Labute approximate surface area is 111 Å². The van der Waals surface area contributed by atoms with E-state index in [1.165, 1.54) is 41.7 Å². The highest BCUT2D eigenvalue weighted by atomic mass is 127. The minimum Gasteiger partial charge on any atom is -0.382 e. The third-order valence-electron chi connectivity index (χ3n) is 3.81. The maximum atomic E-state index is 3.72. The van der Waals surface area contributed by atoms with Crippen molar-refractivity contribution in [1.29, 1.82) is 0 Å². The average Bonchev–Trinajstić information content (AvgIpc) is 2.66. The van der Waals surface area contributed by atoms with E-state index in [9.17, 15) is 0 Å². The number of hydrogen-bond acceptors (Lipinski definition) is 2. The molecule has 2 bridgehead atoms. The Hall–Kier alpha value is -0.290. The van der Waals surface area contributed by atoms with Crippen LogP contribution in [-0.2, 0) is 0 Å². The Morgan fingerprint density at radius 1 is 1.25 bits per heavy atom. The van der Waals surface area contributed by atoms with Gasteiger partial charge in [0.15, 0.2) is 0 Å². The van der Waals surface area contributed by atoms with Gasteiger partial charge in [0.2, 0.25) is 0 Å². The van der Waals surface area contributed by atoms with E-state index in [0.717, 1.165) is 5.92 Å². The molecule has 3 heteroatoms. The Kier molecular flexibility index (Phi) is 3.07. The number of anilines is 1. The van der Waals surface area contributed by atoms with Gasteiger partial charge < -0.3 is 10.2 Å². The monoisotopic (exact) mass is 328 g/mol. The van der Waals surface area contributed by atoms with Crippen LogP contribution in [0.25, 0.3) is 0 Å². The van der Waals surface area contributed by atoms with E-state index < -0.39 is 0 Å². The van der Waals surface area contributed by atoms with Gasteiger partial charge in [-0.3, -0.25) is 0 Å². The van der Waals surface area contributed by atoms with Gasteiger partial charge in [0.25, 0.3) is 0 Å².